The maximum atomic E-state index is 13.5. The van der Waals surface area contributed by atoms with Crippen LogP contribution in [0.25, 0.3) is 0 Å². The molecule has 1 aliphatic heterocycles. The zero-order chi connectivity index (χ0) is 12.6. The summed E-state index contributed by atoms with van der Waals surface area (Å²) in [5.41, 5.74) is -1.70. The number of H-pyrrole nitrogens is 1. The van der Waals surface area contributed by atoms with Crippen molar-refractivity contribution in [3.8, 4) is 0 Å². The van der Waals surface area contributed by atoms with E-state index in [0.717, 1.165) is 12.3 Å². The monoisotopic (exact) mass is 246 g/mol. The fourth-order valence-electron chi connectivity index (χ4n) is 1.64. The number of hydrogen-bond donors (Lipinski definition) is 1. The first-order chi connectivity index (χ1) is 7.94. The van der Waals surface area contributed by atoms with E-state index in [1.165, 1.54) is 0 Å². The van der Waals surface area contributed by atoms with Gasteiger partial charge in [-0.2, -0.15) is 0 Å². The van der Waals surface area contributed by atoms with Crippen molar-refractivity contribution in [2.24, 2.45) is 0 Å². The molecule has 6 nitrogen and oxygen atoms in total. The number of alkyl halides is 2. The molecular weight excluding hydrogens is 238 g/mol. The summed E-state index contributed by atoms with van der Waals surface area (Å²) < 4.78 is 32.3. The molecule has 92 valence electrons. The van der Waals surface area contributed by atoms with Gasteiger partial charge in [0.15, 0.2) is 0 Å². The maximum absolute atomic E-state index is 13.5. The molecule has 0 bridgehead atoms. The number of aromatic amines is 1. The fourth-order valence-corrected chi connectivity index (χ4v) is 1.64. The predicted octanol–water partition coefficient (Wildman–Crippen LogP) is -0.342. The number of carbonyl (C=O) groups is 1. The number of halogens is 2. The van der Waals surface area contributed by atoms with Crippen LogP contribution in [0.4, 0.5) is 8.78 Å². The van der Waals surface area contributed by atoms with Crippen molar-refractivity contribution in [1.82, 2.24) is 9.55 Å². The lowest BCUT2D eigenvalue weighted by atomic mass is 10.2. The first-order valence-corrected chi connectivity index (χ1v) is 4.74. The first-order valence-electron chi connectivity index (χ1n) is 4.74. The van der Waals surface area contributed by atoms with E-state index in [0.29, 0.717) is 4.57 Å². The summed E-state index contributed by atoms with van der Waals surface area (Å²) in [7, 11) is 0. The lowest BCUT2D eigenvalue weighted by molar-refractivity contribution is -0.129. The summed E-state index contributed by atoms with van der Waals surface area (Å²) in [6.07, 6.45) is -2.75. The smallest absolute Gasteiger partial charge is 0.330 e. The van der Waals surface area contributed by atoms with Crippen LogP contribution >= 0.6 is 0 Å². The minimum absolute atomic E-state index is 0.255. The SMILES string of the molecule is O=C[C@@H]1CC(F)(F)[C@H](n2ccc(=O)[nH]c2=O)O1. The second-order valence-corrected chi connectivity index (χ2v) is 3.65. The molecule has 1 aromatic heterocycles. The van der Waals surface area contributed by atoms with Crippen molar-refractivity contribution in [3.05, 3.63) is 33.1 Å². The van der Waals surface area contributed by atoms with Crippen molar-refractivity contribution in [3.63, 3.8) is 0 Å². The molecule has 2 atom stereocenters. The van der Waals surface area contributed by atoms with E-state index in [1.54, 1.807) is 0 Å². The Hall–Kier alpha value is -1.83. The number of ether oxygens (including phenoxy) is 1. The number of aldehydes is 1. The van der Waals surface area contributed by atoms with Gasteiger partial charge in [-0.25, -0.2) is 13.6 Å². The van der Waals surface area contributed by atoms with E-state index >= 15 is 0 Å². The topological polar surface area (TPSA) is 81.2 Å². The van der Waals surface area contributed by atoms with E-state index < -0.39 is 35.9 Å². The molecule has 0 unspecified atom stereocenters. The average molecular weight is 246 g/mol. The third kappa shape index (κ3) is 2.03. The van der Waals surface area contributed by atoms with Gasteiger partial charge in [0.25, 0.3) is 11.5 Å². The van der Waals surface area contributed by atoms with Gasteiger partial charge in [-0.1, -0.05) is 0 Å². The largest absolute Gasteiger partial charge is 0.341 e. The van der Waals surface area contributed by atoms with Gasteiger partial charge in [0, 0.05) is 18.7 Å². The molecule has 2 rings (SSSR count). The van der Waals surface area contributed by atoms with E-state index in [2.05, 4.69) is 0 Å². The number of hydrogen-bond acceptors (Lipinski definition) is 4. The Kier molecular flexibility index (Phi) is 2.66. The molecule has 1 saturated heterocycles. The summed E-state index contributed by atoms with van der Waals surface area (Å²) in [6.45, 7) is 0. The zero-order valence-corrected chi connectivity index (χ0v) is 8.43. The Morgan fingerprint density at radius 1 is 1.53 bits per heavy atom. The predicted molar refractivity (Wildman–Crippen MR) is 50.9 cm³/mol. The molecule has 1 aromatic rings. The molecule has 0 spiro atoms. The molecule has 0 amide bonds. The van der Waals surface area contributed by atoms with Crippen LogP contribution in [-0.2, 0) is 9.53 Å². The molecule has 8 heteroatoms. The van der Waals surface area contributed by atoms with Gasteiger partial charge >= 0.3 is 5.69 Å². The second-order valence-electron chi connectivity index (χ2n) is 3.65. The molecule has 1 N–H and O–H groups in total. The molecule has 0 radical (unpaired) electrons. The number of nitrogens with one attached hydrogen (secondary N) is 1. The Labute approximate surface area is 92.8 Å². The summed E-state index contributed by atoms with van der Waals surface area (Å²) in [4.78, 5) is 34.3. The zero-order valence-electron chi connectivity index (χ0n) is 8.43. The van der Waals surface area contributed by atoms with E-state index in [-0.39, 0.29) is 6.29 Å². The molecule has 1 aliphatic rings. The molecule has 17 heavy (non-hydrogen) atoms. The van der Waals surface area contributed by atoms with Gasteiger partial charge in [-0.05, 0) is 0 Å². The summed E-state index contributed by atoms with van der Waals surface area (Å²) in [5.74, 6) is -3.34. The first kappa shape index (κ1) is 11.6. The highest BCUT2D eigenvalue weighted by atomic mass is 19.3. The summed E-state index contributed by atoms with van der Waals surface area (Å²) in [6, 6.07) is 0.926. The van der Waals surface area contributed by atoms with Gasteiger partial charge in [0.1, 0.15) is 12.4 Å². The highest BCUT2D eigenvalue weighted by Gasteiger charge is 2.51. The number of rotatable bonds is 2. The van der Waals surface area contributed by atoms with Gasteiger partial charge in [0.05, 0.1) is 0 Å². The Bertz CT molecular complexity index is 550. The Morgan fingerprint density at radius 2 is 2.24 bits per heavy atom. The van der Waals surface area contributed by atoms with Gasteiger partial charge in [0.2, 0.25) is 6.23 Å². The van der Waals surface area contributed by atoms with Crippen molar-refractivity contribution >= 4 is 6.29 Å². The van der Waals surface area contributed by atoms with E-state index in [1.807, 2.05) is 4.98 Å². The third-order valence-corrected chi connectivity index (χ3v) is 2.39. The van der Waals surface area contributed by atoms with Crippen LogP contribution in [0.2, 0.25) is 0 Å². The quantitative estimate of drug-likeness (QED) is 0.724. The van der Waals surface area contributed by atoms with Crippen LogP contribution in [0.5, 0.6) is 0 Å². The van der Waals surface area contributed by atoms with Crippen LogP contribution in [0.15, 0.2) is 21.9 Å². The number of aromatic nitrogens is 2. The lowest BCUT2D eigenvalue weighted by Crippen LogP contribution is -2.37. The van der Waals surface area contributed by atoms with Crippen molar-refractivity contribution < 1.29 is 18.3 Å². The third-order valence-electron chi connectivity index (χ3n) is 2.39. The summed E-state index contributed by atoms with van der Waals surface area (Å²) in [5, 5.41) is 0. The van der Waals surface area contributed by atoms with Crippen molar-refractivity contribution in [2.75, 3.05) is 0 Å². The number of nitrogens with zero attached hydrogens (tertiary/aromatic N) is 1. The molecule has 0 aromatic carbocycles. The highest BCUT2D eigenvalue weighted by Crippen LogP contribution is 2.40. The van der Waals surface area contributed by atoms with Crippen LogP contribution in [0.3, 0.4) is 0 Å². The normalized spacial score (nSPS) is 26.9. The Morgan fingerprint density at radius 3 is 2.76 bits per heavy atom. The average Bonchev–Trinajstić information content (AvgIpc) is 2.54. The molecule has 0 saturated carbocycles. The maximum Gasteiger partial charge on any atom is 0.330 e. The molecule has 0 aliphatic carbocycles. The second kappa shape index (κ2) is 3.88. The van der Waals surface area contributed by atoms with E-state index in [4.69, 9.17) is 4.74 Å². The number of carbonyl (C=O) groups excluding carboxylic acids is 1. The van der Waals surface area contributed by atoms with Crippen molar-refractivity contribution in [1.29, 1.82) is 0 Å². The highest BCUT2D eigenvalue weighted by molar-refractivity contribution is 5.56. The lowest BCUT2D eigenvalue weighted by Gasteiger charge is -2.19. The van der Waals surface area contributed by atoms with Gasteiger partial charge in [-0.3, -0.25) is 14.3 Å². The van der Waals surface area contributed by atoms with E-state index in [9.17, 15) is 23.2 Å². The molecular formula is C9H8F2N2O4. The van der Waals surface area contributed by atoms with Gasteiger partial charge < -0.3 is 9.53 Å². The molecule has 2 heterocycles. The fraction of sp³-hybridized carbons (Fsp3) is 0.444. The van der Waals surface area contributed by atoms with Crippen LogP contribution < -0.4 is 11.2 Å². The van der Waals surface area contributed by atoms with Crippen molar-refractivity contribution in [2.45, 2.75) is 24.7 Å². The van der Waals surface area contributed by atoms with Crippen LogP contribution in [0, 0.1) is 0 Å². The standard InChI is InChI=1S/C9H8F2N2O4/c10-9(11)3-5(4-14)17-7(9)13-2-1-6(15)12-8(13)16/h1-2,4-5,7H,3H2,(H,12,15,16)/t5-,7+/m0/s1. The molecule has 1 fully saturated rings. The minimum Gasteiger partial charge on any atom is -0.341 e. The van der Waals surface area contributed by atoms with Crippen LogP contribution in [0.1, 0.15) is 12.6 Å². The summed E-state index contributed by atoms with van der Waals surface area (Å²) >= 11 is 0. The van der Waals surface area contributed by atoms with Crippen LogP contribution in [-0.4, -0.2) is 27.9 Å². The Balaban J connectivity index is 2.43. The van der Waals surface area contributed by atoms with Gasteiger partial charge in [-0.15, -0.1) is 0 Å². The minimum atomic E-state index is -3.34.